The third-order valence-electron chi connectivity index (χ3n) is 4.56. The molecule has 0 unspecified atom stereocenters. The maximum Gasteiger partial charge on any atom is 0.311 e. The van der Waals surface area contributed by atoms with Crippen LogP contribution in [0.15, 0.2) is 41.8 Å². The molecule has 6 nitrogen and oxygen atoms in total. The minimum absolute atomic E-state index is 0.106. The molecule has 2 heterocycles. The first-order valence-electron chi connectivity index (χ1n) is 10.4. The number of hydrogen-bond acceptors (Lipinski definition) is 7. The molecule has 0 saturated heterocycles. The van der Waals surface area contributed by atoms with Crippen LogP contribution < -0.4 is 10.6 Å². The van der Waals surface area contributed by atoms with Gasteiger partial charge in [0.1, 0.15) is 0 Å². The minimum Gasteiger partial charge on any atom is -0.466 e. The van der Waals surface area contributed by atoms with Gasteiger partial charge >= 0.3 is 5.97 Å². The van der Waals surface area contributed by atoms with Crippen LogP contribution in [0.5, 0.6) is 0 Å². The van der Waals surface area contributed by atoms with Gasteiger partial charge in [-0.2, -0.15) is 0 Å². The molecule has 0 radical (unpaired) electrons. The van der Waals surface area contributed by atoms with E-state index in [4.69, 9.17) is 4.74 Å². The Morgan fingerprint density at radius 1 is 1.13 bits per heavy atom. The third kappa shape index (κ3) is 6.90. The van der Waals surface area contributed by atoms with Gasteiger partial charge < -0.3 is 10.1 Å². The lowest BCUT2D eigenvalue weighted by molar-refractivity contribution is -0.142. The molecule has 0 aliphatic carbocycles. The van der Waals surface area contributed by atoms with Crippen molar-refractivity contribution in [1.82, 2.24) is 4.98 Å². The number of aromatic nitrogens is 1. The molecule has 8 heteroatoms. The number of aryl methyl sites for hydroxylation is 1. The fourth-order valence-corrected chi connectivity index (χ4v) is 4.57. The Bertz CT molecular complexity index is 1010. The Morgan fingerprint density at radius 3 is 2.77 bits per heavy atom. The lowest BCUT2D eigenvalue weighted by Crippen LogP contribution is -2.11. The third-order valence-corrected chi connectivity index (χ3v) is 6.45. The molecule has 1 aromatic carbocycles. The van der Waals surface area contributed by atoms with Gasteiger partial charge in [-0.25, -0.2) is 4.98 Å². The van der Waals surface area contributed by atoms with E-state index >= 15 is 0 Å². The smallest absolute Gasteiger partial charge is 0.311 e. The summed E-state index contributed by atoms with van der Waals surface area (Å²) in [7, 11) is 0. The molecule has 0 saturated carbocycles. The van der Waals surface area contributed by atoms with Gasteiger partial charge in [0.05, 0.1) is 23.6 Å². The number of carbonyl (C=O) groups is 2. The Hall–Kier alpha value is -2.71. The number of nitrogens with zero attached hydrogens (tertiary/aromatic N) is 1. The first kappa shape index (κ1) is 23.0. The molecule has 0 aliphatic rings. The molecule has 164 valence electrons. The molecule has 1 amide bonds. The van der Waals surface area contributed by atoms with E-state index in [9.17, 15) is 9.59 Å². The Balaban J connectivity index is 1.54. The quantitative estimate of drug-likeness (QED) is 0.371. The monoisotopic (exact) mass is 457 g/mol. The van der Waals surface area contributed by atoms with E-state index in [1.54, 1.807) is 12.3 Å². The Kier molecular flexibility index (Phi) is 8.61. The Labute approximate surface area is 190 Å². The predicted molar refractivity (Wildman–Crippen MR) is 127 cm³/mol. The highest BCUT2D eigenvalue weighted by molar-refractivity contribution is 7.15. The van der Waals surface area contributed by atoms with E-state index in [0.717, 1.165) is 17.0 Å². The zero-order chi connectivity index (χ0) is 22.1. The standard InChI is InChI=1S/C23H27N3O3S2/c1-3-5-8-16-9-6-7-10-19(16)24-14-18-11-12-20(31-18)22(28)26-23-25-17(15-30-23)13-21(27)29-4-2/h6-7,9-12,15,24H,3-5,8,13-14H2,1-2H3,(H,25,26,28). The van der Waals surface area contributed by atoms with Crippen LogP contribution in [-0.2, 0) is 28.9 Å². The number of para-hydroxylation sites is 1. The van der Waals surface area contributed by atoms with Gasteiger partial charge in [-0.15, -0.1) is 22.7 Å². The van der Waals surface area contributed by atoms with Crippen LogP contribution in [0.2, 0.25) is 0 Å². The summed E-state index contributed by atoms with van der Waals surface area (Å²) in [5.74, 6) is -0.519. The van der Waals surface area contributed by atoms with Crippen LogP contribution in [0.25, 0.3) is 0 Å². The maximum atomic E-state index is 12.6. The number of benzene rings is 1. The average Bonchev–Trinajstić information content (AvgIpc) is 3.41. The molecule has 0 spiro atoms. The summed E-state index contributed by atoms with van der Waals surface area (Å²) in [4.78, 5) is 30.1. The van der Waals surface area contributed by atoms with Gasteiger partial charge in [0.2, 0.25) is 0 Å². The lowest BCUT2D eigenvalue weighted by atomic mass is 10.1. The van der Waals surface area contributed by atoms with Crippen LogP contribution in [0.4, 0.5) is 10.8 Å². The highest BCUT2D eigenvalue weighted by Crippen LogP contribution is 2.23. The molecular weight excluding hydrogens is 430 g/mol. The highest BCUT2D eigenvalue weighted by Gasteiger charge is 2.14. The molecule has 0 atom stereocenters. The summed E-state index contributed by atoms with van der Waals surface area (Å²) < 4.78 is 4.92. The largest absolute Gasteiger partial charge is 0.466 e. The number of unbranched alkanes of at least 4 members (excludes halogenated alkanes) is 1. The second-order valence-electron chi connectivity index (χ2n) is 6.96. The number of amides is 1. The zero-order valence-corrected chi connectivity index (χ0v) is 19.4. The number of rotatable bonds is 11. The fourth-order valence-electron chi connectivity index (χ4n) is 3.02. The van der Waals surface area contributed by atoms with Crippen LogP contribution in [-0.4, -0.2) is 23.5 Å². The SMILES string of the molecule is CCCCc1ccccc1NCc1ccc(C(=O)Nc2nc(CC(=O)OCC)cs2)s1. The van der Waals surface area contributed by atoms with Crippen LogP contribution in [0.1, 0.15) is 52.5 Å². The van der Waals surface area contributed by atoms with Crippen molar-refractivity contribution in [2.75, 3.05) is 17.2 Å². The van der Waals surface area contributed by atoms with Crippen molar-refractivity contribution >= 4 is 45.4 Å². The van der Waals surface area contributed by atoms with Crippen molar-refractivity contribution in [2.24, 2.45) is 0 Å². The average molecular weight is 458 g/mol. The minimum atomic E-state index is -0.322. The van der Waals surface area contributed by atoms with Crippen LogP contribution >= 0.6 is 22.7 Å². The van der Waals surface area contributed by atoms with Gasteiger partial charge in [-0.1, -0.05) is 31.5 Å². The van der Waals surface area contributed by atoms with Crippen molar-refractivity contribution in [2.45, 2.75) is 46.1 Å². The first-order valence-corrected chi connectivity index (χ1v) is 12.1. The normalized spacial score (nSPS) is 10.6. The van der Waals surface area contributed by atoms with Crippen LogP contribution in [0, 0.1) is 0 Å². The molecule has 3 rings (SSSR count). The van der Waals surface area contributed by atoms with E-state index < -0.39 is 0 Å². The van der Waals surface area contributed by atoms with Gasteiger partial charge in [0.25, 0.3) is 5.91 Å². The molecule has 2 N–H and O–H groups in total. The zero-order valence-electron chi connectivity index (χ0n) is 17.8. The molecule has 0 bridgehead atoms. The van der Waals surface area contributed by atoms with E-state index in [2.05, 4.69) is 40.7 Å². The molecular formula is C23H27N3O3S2. The predicted octanol–water partition coefficient (Wildman–Crippen LogP) is 5.52. The number of ether oxygens (including phenoxy) is 1. The van der Waals surface area contributed by atoms with Gasteiger partial charge in [0.15, 0.2) is 5.13 Å². The summed E-state index contributed by atoms with van der Waals surface area (Å²) in [5.41, 5.74) is 3.06. The molecule has 2 aromatic heterocycles. The number of esters is 1. The van der Waals surface area contributed by atoms with Gasteiger partial charge in [-0.3, -0.25) is 14.9 Å². The number of carbonyl (C=O) groups excluding carboxylic acids is 2. The number of hydrogen-bond donors (Lipinski definition) is 2. The van der Waals surface area contributed by atoms with Crippen molar-refractivity contribution in [3.8, 4) is 0 Å². The van der Waals surface area contributed by atoms with Gasteiger partial charge in [0, 0.05) is 22.5 Å². The Morgan fingerprint density at radius 2 is 1.97 bits per heavy atom. The fraction of sp³-hybridized carbons (Fsp3) is 0.348. The molecule has 31 heavy (non-hydrogen) atoms. The van der Waals surface area contributed by atoms with E-state index in [0.29, 0.717) is 28.9 Å². The molecule has 0 fully saturated rings. The van der Waals surface area contributed by atoms with Crippen molar-refractivity contribution in [1.29, 1.82) is 0 Å². The topological polar surface area (TPSA) is 80.3 Å². The highest BCUT2D eigenvalue weighted by atomic mass is 32.1. The molecule has 3 aromatic rings. The number of thiazole rings is 1. The van der Waals surface area contributed by atoms with Crippen molar-refractivity contribution < 1.29 is 14.3 Å². The lowest BCUT2D eigenvalue weighted by Gasteiger charge is -2.11. The van der Waals surface area contributed by atoms with E-state index in [1.165, 1.54) is 41.1 Å². The number of nitrogens with one attached hydrogen (secondary N) is 2. The van der Waals surface area contributed by atoms with E-state index in [1.807, 2.05) is 18.2 Å². The van der Waals surface area contributed by atoms with Crippen molar-refractivity contribution in [3.05, 3.63) is 62.8 Å². The summed E-state index contributed by atoms with van der Waals surface area (Å²) >= 11 is 2.75. The first-order chi connectivity index (χ1) is 15.1. The summed E-state index contributed by atoms with van der Waals surface area (Å²) in [6, 6.07) is 12.2. The van der Waals surface area contributed by atoms with Gasteiger partial charge in [-0.05, 0) is 43.5 Å². The second-order valence-corrected chi connectivity index (χ2v) is 8.99. The summed E-state index contributed by atoms with van der Waals surface area (Å²) in [5, 5.41) is 8.54. The van der Waals surface area contributed by atoms with E-state index in [-0.39, 0.29) is 18.3 Å². The van der Waals surface area contributed by atoms with Crippen LogP contribution in [0.3, 0.4) is 0 Å². The molecule has 0 aliphatic heterocycles. The number of thiophene rings is 1. The second kappa shape index (κ2) is 11.6. The number of anilines is 2. The maximum absolute atomic E-state index is 12.6. The van der Waals surface area contributed by atoms with Crippen molar-refractivity contribution in [3.63, 3.8) is 0 Å². The summed E-state index contributed by atoms with van der Waals surface area (Å²) in [6.07, 6.45) is 3.50. The summed E-state index contributed by atoms with van der Waals surface area (Å²) in [6.45, 7) is 4.97.